The molecule has 0 bridgehead atoms. The SMILES string of the molecule is c1ccc(-c2cc(-c3cccc4ccccc34)nc(-c3ccc(-c4ccc5c(c4)c4ccccc4n5-c4ccc(-c5cccc6c5oc5ccccc56)cc4)cc3)n2)nc1.c1ccc(-c2cc(-c3cccc4cccnc34)nc(-c3cccc(-c4ccc5c(c4)c4ccccc4n5-c4ccc(-c5cccc6c5sc5ccccc56)cc4)c3)n2)cc1. The third kappa shape index (κ3) is 12.2. The smallest absolute Gasteiger partial charge is 0.160 e. The fourth-order valence-corrected chi connectivity index (χ4v) is 18.9. The minimum Gasteiger partial charge on any atom is -0.455 e. The summed E-state index contributed by atoms with van der Waals surface area (Å²) in [5.41, 5.74) is 28.0. The van der Waals surface area contributed by atoms with Gasteiger partial charge in [-0.15, -0.1) is 11.3 Å². The number of benzene rings is 16. The number of para-hydroxylation sites is 5. The van der Waals surface area contributed by atoms with E-state index in [1.807, 2.05) is 78.2 Å². The van der Waals surface area contributed by atoms with Gasteiger partial charge in [0.1, 0.15) is 11.2 Å². The molecule has 0 aliphatic rings. The molecule has 0 amide bonds. The quantitative estimate of drug-likeness (QED) is 0.120. The molecule has 560 valence electrons. The molecule has 8 aromatic heterocycles. The van der Waals surface area contributed by atoms with Crippen molar-refractivity contribution in [3.05, 3.63) is 413 Å². The zero-order valence-electron chi connectivity index (χ0n) is 64.7. The lowest BCUT2D eigenvalue weighted by atomic mass is 10.00. The third-order valence-electron chi connectivity index (χ3n) is 23.4. The number of hydrogen-bond acceptors (Lipinski definition) is 8. The van der Waals surface area contributed by atoms with E-state index < -0.39 is 0 Å². The van der Waals surface area contributed by atoms with Crippen LogP contribution >= 0.6 is 11.3 Å². The van der Waals surface area contributed by atoms with Gasteiger partial charge in [-0.3, -0.25) is 9.97 Å². The van der Waals surface area contributed by atoms with Crippen molar-refractivity contribution < 1.29 is 4.42 Å². The summed E-state index contributed by atoms with van der Waals surface area (Å²) in [6.45, 7) is 0. The highest BCUT2D eigenvalue weighted by molar-refractivity contribution is 7.26. The number of nitrogens with zero attached hydrogens (tertiary/aromatic N) is 8. The molecule has 8 heterocycles. The fourth-order valence-electron chi connectivity index (χ4n) is 17.6. The molecule has 9 nitrogen and oxygen atoms in total. The Balaban J connectivity index is 0.000000140. The van der Waals surface area contributed by atoms with Gasteiger partial charge in [-0.05, 0) is 159 Å². The molecule has 10 heteroatoms. The molecule has 0 aliphatic carbocycles. The van der Waals surface area contributed by atoms with Crippen LogP contribution in [0.1, 0.15) is 0 Å². The standard InChI is InChI=1S/C55H34N4O.C55H34N4S/c1-2-13-41-36(11-1)12-9-17-43(41)49-34-50(48-19-7-8-32-56-48)58-55(57-49)38-24-22-35(23-25-38)39-28-31-52-47(33-39)44-14-3-5-20-51(44)59(52)40-29-26-37(27-30-40)42-16-10-18-46-45-15-4-6-21-53(45)60-54(42)46;1-2-12-36(13-3-1)48-34-49(46-22-9-14-37-17-11-31-56-53(37)46)58-55(57-48)40-16-8-15-38(32-40)39-27-30-51-47(33-39)43-18-4-6-23-50(43)59(51)41-28-25-35(26-29-41)42-20-10-21-45-44-19-5-7-24-52(44)60-54(42)45/h2*1-34H. The first kappa shape index (κ1) is 69.6. The molecule has 0 atom stereocenters. The Bertz CT molecular complexity index is 8140. The van der Waals surface area contributed by atoms with E-state index in [0.717, 1.165) is 145 Å². The van der Waals surface area contributed by atoms with Crippen LogP contribution in [-0.2, 0) is 0 Å². The average Bonchev–Trinajstić information content (AvgIpc) is 1.64. The van der Waals surface area contributed by atoms with E-state index in [-0.39, 0.29) is 0 Å². The molecular formula is C110H68N8OS. The molecule has 16 aromatic carbocycles. The van der Waals surface area contributed by atoms with Crippen LogP contribution in [-0.4, -0.2) is 39.0 Å². The van der Waals surface area contributed by atoms with E-state index in [2.05, 4.69) is 354 Å². The summed E-state index contributed by atoms with van der Waals surface area (Å²) in [4.78, 5) is 30.0. The maximum absolute atomic E-state index is 6.37. The number of hydrogen-bond donors (Lipinski definition) is 0. The minimum atomic E-state index is 0.659. The molecule has 0 unspecified atom stereocenters. The third-order valence-corrected chi connectivity index (χ3v) is 24.6. The summed E-state index contributed by atoms with van der Waals surface area (Å²) < 4.78 is 13.8. The first-order valence-corrected chi connectivity index (χ1v) is 41.2. The second-order valence-electron chi connectivity index (χ2n) is 30.4. The second-order valence-corrected chi connectivity index (χ2v) is 31.4. The zero-order valence-corrected chi connectivity index (χ0v) is 65.5. The molecule has 0 saturated heterocycles. The van der Waals surface area contributed by atoms with E-state index in [9.17, 15) is 0 Å². The fraction of sp³-hybridized carbons (Fsp3) is 0. The number of fused-ring (bicyclic) bond motifs is 14. The Morgan fingerprint density at radius 2 is 0.708 bits per heavy atom. The lowest BCUT2D eigenvalue weighted by Crippen LogP contribution is -1.97. The van der Waals surface area contributed by atoms with Crippen LogP contribution < -0.4 is 0 Å². The van der Waals surface area contributed by atoms with Crippen molar-refractivity contribution in [2.45, 2.75) is 0 Å². The zero-order chi connectivity index (χ0) is 79.1. The van der Waals surface area contributed by atoms with E-state index >= 15 is 0 Å². The Kier molecular flexibility index (Phi) is 16.9. The van der Waals surface area contributed by atoms with Crippen molar-refractivity contribution in [2.75, 3.05) is 0 Å². The van der Waals surface area contributed by atoms with E-state index in [1.165, 1.54) is 74.8 Å². The predicted octanol–water partition coefficient (Wildman–Crippen LogP) is 29.2. The van der Waals surface area contributed by atoms with E-state index in [4.69, 9.17) is 29.3 Å². The maximum atomic E-state index is 6.37. The van der Waals surface area contributed by atoms with Crippen molar-refractivity contribution in [2.24, 2.45) is 0 Å². The number of rotatable bonds is 12. The Hall–Kier alpha value is -15.9. The van der Waals surface area contributed by atoms with Crippen molar-refractivity contribution in [1.82, 2.24) is 39.0 Å². The molecule has 0 radical (unpaired) electrons. The molecule has 0 N–H and O–H groups in total. The highest BCUT2D eigenvalue weighted by Gasteiger charge is 2.22. The molecule has 0 saturated carbocycles. The molecule has 0 fully saturated rings. The van der Waals surface area contributed by atoms with Crippen LogP contribution in [0.15, 0.2) is 417 Å². The van der Waals surface area contributed by atoms with Gasteiger partial charge in [-0.2, -0.15) is 0 Å². The highest BCUT2D eigenvalue weighted by atomic mass is 32.1. The van der Waals surface area contributed by atoms with Crippen molar-refractivity contribution in [3.8, 4) is 124 Å². The van der Waals surface area contributed by atoms with Crippen molar-refractivity contribution in [1.29, 1.82) is 0 Å². The largest absolute Gasteiger partial charge is 0.455 e. The predicted molar refractivity (Wildman–Crippen MR) is 498 cm³/mol. The van der Waals surface area contributed by atoms with Crippen LogP contribution in [0.5, 0.6) is 0 Å². The molecular weight excluding hydrogens is 1480 g/mol. The van der Waals surface area contributed by atoms with Crippen LogP contribution in [0.25, 0.3) is 231 Å². The van der Waals surface area contributed by atoms with Gasteiger partial charge < -0.3 is 13.6 Å². The van der Waals surface area contributed by atoms with Crippen molar-refractivity contribution in [3.63, 3.8) is 0 Å². The van der Waals surface area contributed by atoms with Crippen LogP contribution in [0.2, 0.25) is 0 Å². The number of aromatic nitrogens is 8. The summed E-state index contributed by atoms with van der Waals surface area (Å²) in [6.07, 6.45) is 3.65. The van der Waals surface area contributed by atoms with E-state index in [0.29, 0.717) is 11.6 Å². The normalized spacial score (nSPS) is 11.7. The van der Waals surface area contributed by atoms with E-state index in [1.54, 1.807) is 6.20 Å². The summed E-state index contributed by atoms with van der Waals surface area (Å²) in [6, 6.07) is 142. The number of pyridine rings is 2. The number of thiophene rings is 1. The summed E-state index contributed by atoms with van der Waals surface area (Å²) in [5.74, 6) is 1.33. The molecule has 0 aliphatic heterocycles. The van der Waals surface area contributed by atoms with Gasteiger partial charge in [0, 0.05) is 115 Å². The summed E-state index contributed by atoms with van der Waals surface area (Å²) in [5, 5.41) is 13.1. The molecule has 24 rings (SSSR count). The molecule has 0 spiro atoms. The Labute approximate surface area is 694 Å². The van der Waals surface area contributed by atoms with Crippen molar-refractivity contribution >= 4 is 119 Å². The number of furan rings is 1. The van der Waals surface area contributed by atoms with Gasteiger partial charge in [-0.25, -0.2) is 19.9 Å². The van der Waals surface area contributed by atoms with Gasteiger partial charge in [0.2, 0.25) is 0 Å². The average molecular weight is 1550 g/mol. The molecule has 24 aromatic rings. The van der Waals surface area contributed by atoms with Gasteiger partial charge in [0.05, 0.1) is 56.1 Å². The summed E-state index contributed by atoms with van der Waals surface area (Å²) in [7, 11) is 0. The first-order valence-electron chi connectivity index (χ1n) is 40.3. The topological polar surface area (TPSA) is 100 Å². The Morgan fingerprint density at radius 1 is 0.233 bits per heavy atom. The van der Waals surface area contributed by atoms with Gasteiger partial charge in [-0.1, -0.05) is 291 Å². The summed E-state index contributed by atoms with van der Waals surface area (Å²) >= 11 is 1.87. The van der Waals surface area contributed by atoms with Gasteiger partial charge >= 0.3 is 0 Å². The lowest BCUT2D eigenvalue weighted by molar-refractivity contribution is 0.670. The van der Waals surface area contributed by atoms with Crippen LogP contribution in [0, 0.1) is 0 Å². The van der Waals surface area contributed by atoms with Gasteiger partial charge in [0.15, 0.2) is 11.6 Å². The minimum absolute atomic E-state index is 0.659. The van der Waals surface area contributed by atoms with Crippen LogP contribution in [0.4, 0.5) is 0 Å². The Morgan fingerprint density at radius 3 is 1.45 bits per heavy atom. The molecule has 120 heavy (non-hydrogen) atoms. The second kappa shape index (κ2) is 29.1. The highest BCUT2D eigenvalue weighted by Crippen LogP contribution is 2.45. The first-order chi connectivity index (χ1) is 59.5. The monoisotopic (exact) mass is 1550 g/mol. The van der Waals surface area contributed by atoms with Crippen LogP contribution in [0.3, 0.4) is 0 Å². The lowest BCUT2D eigenvalue weighted by Gasteiger charge is -2.12. The maximum Gasteiger partial charge on any atom is 0.160 e. The van der Waals surface area contributed by atoms with Gasteiger partial charge in [0.25, 0.3) is 0 Å².